The van der Waals surface area contributed by atoms with E-state index in [2.05, 4.69) is 12.1 Å². The molecule has 0 unspecified atom stereocenters. The zero-order chi connectivity index (χ0) is 16.2. The standard InChI is InChI=1S/C20H18ClNO/c1-3-23-19-13-18(15-8-5-4-6-9-15)22-20(14(19)2)16-10-7-11-17(21)12-16/h4-13H,3H2,1-2H3. The Morgan fingerprint density at radius 1 is 0.957 bits per heavy atom. The monoisotopic (exact) mass is 323 g/mol. The van der Waals surface area contributed by atoms with E-state index in [1.807, 2.05) is 62.4 Å². The fourth-order valence-electron chi connectivity index (χ4n) is 2.56. The van der Waals surface area contributed by atoms with Crippen LogP contribution in [0, 0.1) is 6.92 Å². The first-order chi connectivity index (χ1) is 11.2. The van der Waals surface area contributed by atoms with Gasteiger partial charge in [-0.05, 0) is 26.0 Å². The van der Waals surface area contributed by atoms with E-state index in [4.69, 9.17) is 21.3 Å². The third-order valence-electron chi connectivity index (χ3n) is 3.69. The molecule has 0 amide bonds. The number of benzene rings is 2. The summed E-state index contributed by atoms with van der Waals surface area (Å²) in [5.41, 5.74) is 4.88. The third kappa shape index (κ3) is 3.38. The predicted molar refractivity (Wildman–Crippen MR) is 96.0 cm³/mol. The lowest BCUT2D eigenvalue weighted by Gasteiger charge is -2.14. The van der Waals surface area contributed by atoms with Gasteiger partial charge < -0.3 is 4.74 Å². The van der Waals surface area contributed by atoms with Crippen LogP contribution in [0.15, 0.2) is 60.7 Å². The molecule has 0 aliphatic heterocycles. The molecule has 0 saturated heterocycles. The summed E-state index contributed by atoms with van der Waals surface area (Å²) in [4.78, 5) is 4.86. The molecule has 0 N–H and O–H groups in total. The number of nitrogens with zero attached hydrogens (tertiary/aromatic N) is 1. The van der Waals surface area contributed by atoms with Crippen molar-refractivity contribution in [1.29, 1.82) is 0 Å². The summed E-state index contributed by atoms with van der Waals surface area (Å²) in [7, 11) is 0. The lowest BCUT2D eigenvalue weighted by Crippen LogP contribution is -1.99. The Kier molecular flexibility index (Phi) is 4.63. The van der Waals surface area contributed by atoms with Gasteiger partial charge in [0.1, 0.15) is 5.75 Å². The molecule has 0 aliphatic carbocycles. The van der Waals surface area contributed by atoms with Gasteiger partial charge >= 0.3 is 0 Å². The van der Waals surface area contributed by atoms with Crippen LogP contribution in [0.3, 0.4) is 0 Å². The molecule has 23 heavy (non-hydrogen) atoms. The van der Waals surface area contributed by atoms with Crippen LogP contribution in [-0.4, -0.2) is 11.6 Å². The molecule has 116 valence electrons. The lowest BCUT2D eigenvalue weighted by molar-refractivity contribution is 0.338. The van der Waals surface area contributed by atoms with Crippen LogP contribution in [0.2, 0.25) is 5.02 Å². The minimum absolute atomic E-state index is 0.619. The molecule has 0 atom stereocenters. The van der Waals surface area contributed by atoms with Crippen molar-refractivity contribution in [1.82, 2.24) is 4.98 Å². The van der Waals surface area contributed by atoms with Crippen molar-refractivity contribution in [3.8, 4) is 28.3 Å². The maximum Gasteiger partial charge on any atom is 0.126 e. The number of rotatable bonds is 4. The highest BCUT2D eigenvalue weighted by molar-refractivity contribution is 6.30. The van der Waals surface area contributed by atoms with Gasteiger partial charge in [-0.15, -0.1) is 0 Å². The summed E-state index contributed by atoms with van der Waals surface area (Å²) in [5, 5.41) is 0.701. The molecule has 0 radical (unpaired) electrons. The average Bonchev–Trinajstić information content (AvgIpc) is 2.57. The zero-order valence-electron chi connectivity index (χ0n) is 13.2. The Hall–Kier alpha value is -2.32. The minimum Gasteiger partial charge on any atom is -0.493 e. The van der Waals surface area contributed by atoms with Crippen molar-refractivity contribution < 1.29 is 4.74 Å². The van der Waals surface area contributed by atoms with Crippen LogP contribution in [0.25, 0.3) is 22.5 Å². The van der Waals surface area contributed by atoms with Gasteiger partial charge in [-0.25, -0.2) is 4.98 Å². The molecule has 2 nitrogen and oxygen atoms in total. The van der Waals surface area contributed by atoms with Gasteiger partial charge in [-0.2, -0.15) is 0 Å². The van der Waals surface area contributed by atoms with Gasteiger partial charge in [0.05, 0.1) is 18.0 Å². The van der Waals surface area contributed by atoms with Crippen molar-refractivity contribution in [3.63, 3.8) is 0 Å². The van der Waals surface area contributed by atoms with Gasteiger partial charge in [0, 0.05) is 27.8 Å². The van der Waals surface area contributed by atoms with Crippen LogP contribution in [0.1, 0.15) is 12.5 Å². The molecule has 0 spiro atoms. The SMILES string of the molecule is CCOc1cc(-c2ccccc2)nc(-c2cccc(Cl)c2)c1C. The van der Waals surface area contributed by atoms with Crippen molar-refractivity contribution >= 4 is 11.6 Å². The average molecular weight is 324 g/mol. The summed E-state index contributed by atoms with van der Waals surface area (Å²) >= 11 is 6.15. The molecule has 3 rings (SSSR count). The fourth-order valence-corrected chi connectivity index (χ4v) is 2.76. The second kappa shape index (κ2) is 6.84. The van der Waals surface area contributed by atoms with Crippen LogP contribution in [0.5, 0.6) is 5.75 Å². The Bertz CT molecular complexity index is 815. The summed E-state index contributed by atoms with van der Waals surface area (Å²) in [5.74, 6) is 0.858. The maximum absolute atomic E-state index is 6.15. The minimum atomic E-state index is 0.619. The van der Waals surface area contributed by atoms with Gasteiger partial charge in [0.25, 0.3) is 0 Å². The number of hydrogen-bond acceptors (Lipinski definition) is 2. The largest absolute Gasteiger partial charge is 0.493 e. The summed E-state index contributed by atoms with van der Waals surface area (Å²) in [6.07, 6.45) is 0. The van der Waals surface area contributed by atoms with E-state index in [1.54, 1.807) is 0 Å². The van der Waals surface area contributed by atoms with E-state index in [-0.39, 0.29) is 0 Å². The zero-order valence-corrected chi connectivity index (χ0v) is 14.0. The van der Waals surface area contributed by atoms with Gasteiger partial charge in [0.15, 0.2) is 0 Å². The molecule has 1 heterocycles. The third-order valence-corrected chi connectivity index (χ3v) is 3.93. The second-order valence-electron chi connectivity index (χ2n) is 5.29. The van der Waals surface area contributed by atoms with E-state index in [0.29, 0.717) is 11.6 Å². The number of halogens is 1. The van der Waals surface area contributed by atoms with Gasteiger partial charge in [-0.3, -0.25) is 0 Å². The number of aromatic nitrogens is 1. The number of hydrogen-bond donors (Lipinski definition) is 0. The molecule has 0 bridgehead atoms. The first-order valence-corrected chi connectivity index (χ1v) is 8.02. The quantitative estimate of drug-likeness (QED) is 0.607. The summed E-state index contributed by atoms with van der Waals surface area (Å²) in [6.45, 7) is 4.64. The summed E-state index contributed by atoms with van der Waals surface area (Å²) < 4.78 is 5.82. The molecule has 0 fully saturated rings. The first-order valence-electron chi connectivity index (χ1n) is 7.65. The number of pyridine rings is 1. The Balaban J connectivity index is 2.20. The van der Waals surface area contributed by atoms with E-state index in [0.717, 1.165) is 33.8 Å². The van der Waals surface area contributed by atoms with E-state index in [1.165, 1.54) is 0 Å². The van der Waals surface area contributed by atoms with Gasteiger partial charge in [-0.1, -0.05) is 54.1 Å². The molecule has 2 aromatic carbocycles. The smallest absolute Gasteiger partial charge is 0.126 e. The number of ether oxygens (including phenoxy) is 1. The van der Waals surface area contributed by atoms with Crippen molar-refractivity contribution in [3.05, 3.63) is 71.2 Å². The van der Waals surface area contributed by atoms with Crippen LogP contribution >= 0.6 is 11.6 Å². The van der Waals surface area contributed by atoms with E-state index < -0.39 is 0 Å². The fraction of sp³-hybridized carbons (Fsp3) is 0.150. The van der Waals surface area contributed by atoms with Gasteiger partial charge in [0.2, 0.25) is 0 Å². The topological polar surface area (TPSA) is 22.1 Å². The van der Waals surface area contributed by atoms with Crippen LogP contribution in [0.4, 0.5) is 0 Å². The molecule has 1 aromatic heterocycles. The van der Waals surface area contributed by atoms with Crippen molar-refractivity contribution in [2.24, 2.45) is 0 Å². The normalized spacial score (nSPS) is 10.6. The highest BCUT2D eigenvalue weighted by Gasteiger charge is 2.13. The highest BCUT2D eigenvalue weighted by atomic mass is 35.5. The first kappa shape index (κ1) is 15.6. The van der Waals surface area contributed by atoms with Crippen LogP contribution in [-0.2, 0) is 0 Å². The van der Waals surface area contributed by atoms with Crippen molar-refractivity contribution in [2.75, 3.05) is 6.61 Å². The Labute approximate surface area is 141 Å². The predicted octanol–water partition coefficient (Wildman–Crippen LogP) is 5.78. The summed E-state index contributed by atoms with van der Waals surface area (Å²) in [6, 6.07) is 19.9. The maximum atomic E-state index is 6.15. The Morgan fingerprint density at radius 2 is 1.70 bits per heavy atom. The van der Waals surface area contributed by atoms with E-state index in [9.17, 15) is 0 Å². The molecular formula is C20H18ClNO. The molecular weight excluding hydrogens is 306 g/mol. The van der Waals surface area contributed by atoms with E-state index >= 15 is 0 Å². The lowest BCUT2D eigenvalue weighted by atomic mass is 10.0. The molecule has 0 aliphatic rings. The molecule has 3 heteroatoms. The highest BCUT2D eigenvalue weighted by Crippen LogP contribution is 2.33. The van der Waals surface area contributed by atoms with Crippen molar-refractivity contribution in [2.45, 2.75) is 13.8 Å². The Morgan fingerprint density at radius 3 is 2.39 bits per heavy atom. The molecule has 3 aromatic rings. The second-order valence-corrected chi connectivity index (χ2v) is 5.73. The molecule has 0 saturated carbocycles. The van der Waals surface area contributed by atoms with Crippen LogP contribution < -0.4 is 4.74 Å².